The van der Waals surface area contributed by atoms with Gasteiger partial charge in [-0.15, -0.1) is 23.5 Å². The van der Waals surface area contributed by atoms with Crippen LogP contribution in [0.1, 0.15) is 85.0 Å². The zero-order chi connectivity index (χ0) is 15.1. The van der Waals surface area contributed by atoms with Crippen LogP contribution in [0, 0.1) is 17.3 Å². The van der Waals surface area contributed by atoms with Crippen LogP contribution >= 0.6 is 23.5 Å². The number of rotatable bonds is 7. The smallest absolute Gasteiger partial charge is 0.0531 e. The first kappa shape index (κ1) is 18.0. The summed E-state index contributed by atoms with van der Waals surface area (Å²) in [6, 6.07) is 0. The van der Waals surface area contributed by atoms with Crippen molar-refractivity contribution < 1.29 is 0 Å². The highest BCUT2D eigenvalue weighted by atomic mass is 32.2. The molecule has 0 atom stereocenters. The molecule has 0 aromatic rings. The highest BCUT2D eigenvalue weighted by molar-refractivity contribution is 8.17. The highest BCUT2D eigenvalue weighted by Gasteiger charge is 2.35. The number of hydrogen-bond donors (Lipinski definition) is 0. The second-order valence-electron chi connectivity index (χ2n) is 7.78. The second-order valence-corrected chi connectivity index (χ2v) is 10.3. The lowest BCUT2D eigenvalue weighted by Gasteiger charge is -2.41. The molecule has 21 heavy (non-hydrogen) atoms. The Balaban J connectivity index is 1.63. The summed E-state index contributed by atoms with van der Waals surface area (Å²) < 4.78 is 0.922. The first-order valence-corrected chi connectivity index (χ1v) is 11.5. The van der Waals surface area contributed by atoms with E-state index in [2.05, 4.69) is 44.3 Å². The van der Waals surface area contributed by atoms with Crippen LogP contribution in [0.2, 0.25) is 0 Å². The monoisotopic (exact) mass is 328 g/mol. The predicted octanol–water partition coefficient (Wildman–Crippen LogP) is 6.99. The highest BCUT2D eigenvalue weighted by Crippen LogP contribution is 2.49. The average molecular weight is 329 g/mol. The molecule has 2 aliphatic rings. The third-order valence-corrected chi connectivity index (χ3v) is 9.76. The number of hydrogen-bond acceptors (Lipinski definition) is 2. The molecule has 0 unspecified atom stereocenters. The molecular weight excluding hydrogens is 292 g/mol. The molecule has 1 saturated carbocycles. The van der Waals surface area contributed by atoms with Crippen molar-refractivity contribution in [1.29, 1.82) is 0 Å². The summed E-state index contributed by atoms with van der Waals surface area (Å²) in [6.07, 6.45) is 14.7. The van der Waals surface area contributed by atoms with E-state index in [0.717, 1.165) is 16.4 Å². The van der Waals surface area contributed by atoms with Crippen LogP contribution in [0.15, 0.2) is 0 Å². The molecule has 2 rings (SSSR count). The van der Waals surface area contributed by atoms with Gasteiger partial charge in [0.05, 0.1) is 4.58 Å². The van der Waals surface area contributed by atoms with Crippen molar-refractivity contribution in [2.75, 3.05) is 11.5 Å². The standard InChI is InChI=1S/C19H36S2/c1-4-6-7-8-9-16-10-12-17(13-11-16)18-20-14-19(3,5-2)15-21-18/h16-18H,4-15H2,1-3H3. The zero-order valence-corrected chi connectivity index (χ0v) is 16.2. The van der Waals surface area contributed by atoms with Crippen LogP contribution < -0.4 is 0 Å². The molecule has 0 aromatic heterocycles. The Hall–Kier alpha value is 0.700. The molecule has 0 nitrogen and oxygen atoms in total. The van der Waals surface area contributed by atoms with Crippen LogP contribution in [0.25, 0.3) is 0 Å². The Labute approximate surface area is 142 Å². The average Bonchev–Trinajstić information content (AvgIpc) is 2.53. The first-order valence-electron chi connectivity index (χ1n) is 9.40. The van der Waals surface area contributed by atoms with Gasteiger partial charge in [0.15, 0.2) is 0 Å². The van der Waals surface area contributed by atoms with E-state index in [1.807, 2.05) is 0 Å². The van der Waals surface area contributed by atoms with E-state index >= 15 is 0 Å². The lowest BCUT2D eigenvalue weighted by Crippen LogP contribution is -2.32. The summed E-state index contributed by atoms with van der Waals surface area (Å²) in [5, 5.41) is 0. The Morgan fingerprint density at radius 2 is 1.57 bits per heavy atom. The van der Waals surface area contributed by atoms with Crippen molar-refractivity contribution in [2.24, 2.45) is 17.3 Å². The maximum absolute atomic E-state index is 2.48. The molecule has 0 bridgehead atoms. The molecule has 1 heterocycles. The van der Waals surface area contributed by atoms with Gasteiger partial charge in [0.25, 0.3) is 0 Å². The summed E-state index contributed by atoms with van der Waals surface area (Å²) in [5.41, 5.74) is 0.613. The van der Waals surface area contributed by atoms with E-state index in [9.17, 15) is 0 Å². The molecule has 2 fully saturated rings. The van der Waals surface area contributed by atoms with E-state index in [0.29, 0.717) is 5.41 Å². The Morgan fingerprint density at radius 3 is 2.14 bits per heavy atom. The van der Waals surface area contributed by atoms with Gasteiger partial charge in [0.2, 0.25) is 0 Å². The molecule has 0 aromatic carbocycles. The maximum Gasteiger partial charge on any atom is 0.0531 e. The largest absolute Gasteiger partial charge is 0.147 e. The van der Waals surface area contributed by atoms with Crippen molar-refractivity contribution in [1.82, 2.24) is 0 Å². The molecule has 2 heteroatoms. The minimum Gasteiger partial charge on any atom is -0.147 e. The van der Waals surface area contributed by atoms with Crippen LogP contribution in [0.4, 0.5) is 0 Å². The normalized spacial score (nSPS) is 37.6. The van der Waals surface area contributed by atoms with E-state index in [1.165, 1.54) is 75.7 Å². The molecule has 0 N–H and O–H groups in total. The lowest BCUT2D eigenvalue weighted by molar-refractivity contribution is 0.268. The van der Waals surface area contributed by atoms with E-state index in [4.69, 9.17) is 0 Å². The van der Waals surface area contributed by atoms with Gasteiger partial charge in [-0.3, -0.25) is 0 Å². The van der Waals surface area contributed by atoms with Crippen molar-refractivity contribution in [3.63, 3.8) is 0 Å². The van der Waals surface area contributed by atoms with Gasteiger partial charge in [-0.05, 0) is 36.5 Å². The molecule has 1 saturated heterocycles. The third-order valence-electron chi connectivity index (χ3n) is 5.79. The first-order chi connectivity index (χ1) is 10.2. The van der Waals surface area contributed by atoms with Crippen LogP contribution in [-0.4, -0.2) is 16.1 Å². The molecule has 0 amide bonds. The fraction of sp³-hybridized carbons (Fsp3) is 1.00. The van der Waals surface area contributed by atoms with Gasteiger partial charge in [-0.2, -0.15) is 0 Å². The molecule has 1 aliphatic heterocycles. The molecule has 1 aliphatic carbocycles. The van der Waals surface area contributed by atoms with Crippen molar-refractivity contribution in [3.05, 3.63) is 0 Å². The van der Waals surface area contributed by atoms with Crippen molar-refractivity contribution in [2.45, 2.75) is 89.6 Å². The lowest BCUT2D eigenvalue weighted by atomic mass is 9.80. The predicted molar refractivity (Wildman–Crippen MR) is 101 cm³/mol. The summed E-state index contributed by atoms with van der Waals surface area (Å²) >= 11 is 4.58. The molecular formula is C19H36S2. The maximum atomic E-state index is 2.48. The van der Waals surface area contributed by atoms with Gasteiger partial charge >= 0.3 is 0 Å². The fourth-order valence-electron chi connectivity index (χ4n) is 3.74. The van der Waals surface area contributed by atoms with Crippen molar-refractivity contribution in [3.8, 4) is 0 Å². The summed E-state index contributed by atoms with van der Waals surface area (Å²) in [4.78, 5) is 0. The summed E-state index contributed by atoms with van der Waals surface area (Å²) in [7, 11) is 0. The Bertz CT molecular complexity index is 273. The van der Waals surface area contributed by atoms with Crippen molar-refractivity contribution >= 4 is 23.5 Å². The zero-order valence-electron chi connectivity index (χ0n) is 14.5. The van der Waals surface area contributed by atoms with E-state index < -0.39 is 0 Å². The number of unbranched alkanes of at least 4 members (excludes halogenated alkanes) is 3. The van der Waals surface area contributed by atoms with Gasteiger partial charge in [0.1, 0.15) is 0 Å². The minimum atomic E-state index is 0.613. The van der Waals surface area contributed by atoms with E-state index in [1.54, 1.807) is 0 Å². The Morgan fingerprint density at radius 1 is 0.905 bits per heavy atom. The number of thioether (sulfide) groups is 2. The van der Waals surface area contributed by atoms with Gasteiger partial charge < -0.3 is 0 Å². The van der Waals surface area contributed by atoms with Gasteiger partial charge in [0, 0.05) is 11.5 Å². The van der Waals surface area contributed by atoms with Gasteiger partial charge in [-0.25, -0.2) is 0 Å². The van der Waals surface area contributed by atoms with Crippen LogP contribution in [0.5, 0.6) is 0 Å². The SMILES string of the molecule is CCCCCCC1CCC(C2SCC(C)(CC)CS2)CC1. The Kier molecular flexibility index (Phi) is 7.83. The molecule has 0 radical (unpaired) electrons. The van der Waals surface area contributed by atoms with E-state index in [-0.39, 0.29) is 0 Å². The molecule has 124 valence electrons. The second kappa shape index (κ2) is 9.11. The summed E-state index contributed by atoms with van der Waals surface area (Å²) in [6.45, 7) is 7.16. The molecule has 0 spiro atoms. The topological polar surface area (TPSA) is 0 Å². The van der Waals surface area contributed by atoms with Crippen LogP contribution in [-0.2, 0) is 0 Å². The minimum absolute atomic E-state index is 0.613. The third kappa shape index (κ3) is 5.68. The van der Waals surface area contributed by atoms with Crippen LogP contribution in [0.3, 0.4) is 0 Å². The summed E-state index contributed by atoms with van der Waals surface area (Å²) in [5.74, 6) is 4.89. The fourth-order valence-corrected chi connectivity index (χ4v) is 7.50. The quantitative estimate of drug-likeness (QED) is 0.462. The van der Waals surface area contributed by atoms with Gasteiger partial charge in [-0.1, -0.05) is 65.7 Å².